The molecule has 0 atom stereocenters. The van der Waals surface area contributed by atoms with Gasteiger partial charge in [0, 0.05) is 5.69 Å². The second kappa shape index (κ2) is 6.99. The summed E-state index contributed by atoms with van der Waals surface area (Å²) in [6.07, 6.45) is -4.00. The Hall–Kier alpha value is -3.16. The van der Waals surface area contributed by atoms with E-state index in [1.165, 1.54) is 12.1 Å². The number of anilines is 1. The maximum absolute atomic E-state index is 12.8. The molecule has 1 heterocycles. The quantitative estimate of drug-likeness (QED) is 0.762. The molecule has 3 rings (SSSR count). The van der Waals surface area contributed by atoms with Gasteiger partial charge in [-0.25, -0.2) is 4.68 Å². The molecule has 0 aliphatic heterocycles. The molecule has 0 bridgehead atoms. The van der Waals surface area contributed by atoms with Crippen LogP contribution in [0.25, 0.3) is 5.69 Å². The Morgan fingerprint density at radius 3 is 2.50 bits per heavy atom. The molecule has 0 fully saturated rings. The summed E-state index contributed by atoms with van der Waals surface area (Å²) in [7, 11) is 0. The van der Waals surface area contributed by atoms with Gasteiger partial charge in [0.25, 0.3) is 5.91 Å². The number of hydrogen-bond acceptors (Lipinski definition) is 3. The third-order valence-corrected chi connectivity index (χ3v) is 3.76. The highest BCUT2D eigenvalue weighted by atomic mass is 19.4. The third-order valence-electron chi connectivity index (χ3n) is 3.76. The van der Waals surface area contributed by atoms with Crippen molar-refractivity contribution in [3.8, 4) is 5.69 Å². The van der Waals surface area contributed by atoms with Crippen molar-refractivity contribution in [2.75, 3.05) is 5.32 Å². The summed E-state index contributed by atoms with van der Waals surface area (Å²) < 4.78 is 39.9. The molecular formula is C18H15F3N4O. The molecule has 134 valence electrons. The molecule has 0 aliphatic rings. The first-order valence-electron chi connectivity index (χ1n) is 7.88. The summed E-state index contributed by atoms with van der Waals surface area (Å²) in [5.74, 6) is -0.608. The first-order valence-corrected chi connectivity index (χ1v) is 7.88. The van der Waals surface area contributed by atoms with Crippen LogP contribution in [0.5, 0.6) is 0 Å². The van der Waals surface area contributed by atoms with Crippen LogP contribution in [0.3, 0.4) is 0 Å². The predicted octanol–water partition coefficient (Wildman–Crippen LogP) is 4.10. The minimum Gasteiger partial charge on any atom is -0.321 e. The van der Waals surface area contributed by atoms with E-state index in [1.54, 1.807) is 4.68 Å². The molecule has 0 spiro atoms. The predicted molar refractivity (Wildman–Crippen MR) is 90.1 cm³/mol. The van der Waals surface area contributed by atoms with Crippen molar-refractivity contribution >= 4 is 11.6 Å². The Labute approximate surface area is 147 Å². The Balaban J connectivity index is 1.89. The molecule has 26 heavy (non-hydrogen) atoms. The van der Waals surface area contributed by atoms with Gasteiger partial charge < -0.3 is 5.32 Å². The molecule has 2 aromatic carbocycles. The molecule has 0 radical (unpaired) electrons. The van der Waals surface area contributed by atoms with Crippen molar-refractivity contribution in [1.82, 2.24) is 15.0 Å². The van der Waals surface area contributed by atoms with E-state index in [0.29, 0.717) is 12.1 Å². The van der Waals surface area contributed by atoms with E-state index in [-0.39, 0.29) is 11.4 Å². The van der Waals surface area contributed by atoms with Crippen LogP contribution in [-0.4, -0.2) is 20.9 Å². The molecule has 0 aliphatic carbocycles. The summed E-state index contributed by atoms with van der Waals surface area (Å²) in [4.78, 5) is 12.5. The Bertz CT molecular complexity index is 920. The van der Waals surface area contributed by atoms with Gasteiger partial charge >= 0.3 is 6.18 Å². The second-order valence-electron chi connectivity index (χ2n) is 5.52. The van der Waals surface area contributed by atoms with Crippen LogP contribution in [0.4, 0.5) is 18.9 Å². The van der Waals surface area contributed by atoms with E-state index in [2.05, 4.69) is 15.6 Å². The number of para-hydroxylation sites is 1. The summed E-state index contributed by atoms with van der Waals surface area (Å²) in [5.41, 5.74) is 0.601. The summed E-state index contributed by atoms with van der Waals surface area (Å²) in [5, 5.41) is 10.4. The highest BCUT2D eigenvalue weighted by Gasteiger charge is 2.30. The van der Waals surface area contributed by atoms with E-state index in [1.807, 2.05) is 37.3 Å². The SMILES string of the molecule is CCc1c(C(=O)Nc2cccc(C(F)(F)F)c2)nnn1-c1ccccc1. The number of benzene rings is 2. The van der Waals surface area contributed by atoms with Crippen LogP contribution in [0.1, 0.15) is 28.7 Å². The molecule has 3 aromatic rings. The minimum atomic E-state index is -4.48. The number of amides is 1. The fraction of sp³-hybridized carbons (Fsp3) is 0.167. The van der Waals surface area contributed by atoms with Crippen molar-refractivity contribution < 1.29 is 18.0 Å². The van der Waals surface area contributed by atoms with E-state index < -0.39 is 17.6 Å². The van der Waals surface area contributed by atoms with E-state index in [4.69, 9.17) is 0 Å². The number of halogens is 3. The van der Waals surface area contributed by atoms with Gasteiger partial charge in [-0.2, -0.15) is 13.2 Å². The van der Waals surface area contributed by atoms with Crippen molar-refractivity contribution in [2.45, 2.75) is 19.5 Å². The molecule has 5 nitrogen and oxygen atoms in total. The van der Waals surface area contributed by atoms with Crippen molar-refractivity contribution in [1.29, 1.82) is 0 Å². The highest BCUT2D eigenvalue weighted by molar-refractivity contribution is 6.03. The van der Waals surface area contributed by atoms with Crippen LogP contribution in [0, 0.1) is 0 Å². The smallest absolute Gasteiger partial charge is 0.321 e. The first kappa shape index (κ1) is 17.7. The Kier molecular flexibility index (Phi) is 4.75. The topological polar surface area (TPSA) is 59.8 Å². The lowest BCUT2D eigenvalue weighted by molar-refractivity contribution is -0.137. The number of nitrogens with one attached hydrogen (secondary N) is 1. The van der Waals surface area contributed by atoms with Gasteiger partial charge in [0.2, 0.25) is 0 Å². The minimum absolute atomic E-state index is 0.0427. The number of alkyl halides is 3. The van der Waals surface area contributed by atoms with E-state index in [9.17, 15) is 18.0 Å². The number of aromatic nitrogens is 3. The second-order valence-corrected chi connectivity index (χ2v) is 5.52. The van der Waals surface area contributed by atoms with Crippen LogP contribution in [0.15, 0.2) is 54.6 Å². The van der Waals surface area contributed by atoms with Gasteiger partial charge in [-0.05, 0) is 36.8 Å². The van der Waals surface area contributed by atoms with Gasteiger partial charge in [0.1, 0.15) is 0 Å². The average molecular weight is 360 g/mol. The largest absolute Gasteiger partial charge is 0.416 e. The lowest BCUT2D eigenvalue weighted by atomic mass is 10.2. The zero-order valence-electron chi connectivity index (χ0n) is 13.8. The number of carbonyl (C=O) groups excluding carboxylic acids is 1. The lowest BCUT2D eigenvalue weighted by Crippen LogP contribution is -2.16. The van der Waals surface area contributed by atoms with Gasteiger partial charge in [-0.3, -0.25) is 4.79 Å². The van der Waals surface area contributed by atoms with Gasteiger partial charge in [0.15, 0.2) is 5.69 Å². The van der Waals surface area contributed by atoms with E-state index in [0.717, 1.165) is 17.8 Å². The number of carbonyl (C=O) groups is 1. The van der Waals surface area contributed by atoms with Gasteiger partial charge in [-0.1, -0.05) is 36.4 Å². The monoisotopic (exact) mass is 360 g/mol. The van der Waals surface area contributed by atoms with Gasteiger partial charge in [0.05, 0.1) is 16.9 Å². The molecule has 8 heteroatoms. The zero-order chi connectivity index (χ0) is 18.7. The number of rotatable bonds is 4. The molecule has 1 amide bonds. The van der Waals surface area contributed by atoms with Crippen LogP contribution >= 0.6 is 0 Å². The van der Waals surface area contributed by atoms with Crippen LogP contribution in [0.2, 0.25) is 0 Å². The molecule has 0 saturated carbocycles. The fourth-order valence-corrected chi connectivity index (χ4v) is 2.54. The zero-order valence-corrected chi connectivity index (χ0v) is 13.8. The molecule has 0 saturated heterocycles. The van der Waals surface area contributed by atoms with Crippen LogP contribution in [-0.2, 0) is 12.6 Å². The summed E-state index contributed by atoms with van der Waals surface area (Å²) in [6.45, 7) is 1.85. The van der Waals surface area contributed by atoms with Crippen LogP contribution < -0.4 is 5.32 Å². The summed E-state index contributed by atoms with van der Waals surface area (Å²) >= 11 is 0. The van der Waals surface area contributed by atoms with Crippen molar-refractivity contribution in [3.63, 3.8) is 0 Å². The van der Waals surface area contributed by atoms with Crippen molar-refractivity contribution in [3.05, 3.63) is 71.5 Å². The maximum atomic E-state index is 12.8. The number of nitrogens with zero attached hydrogens (tertiary/aromatic N) is 3. The van der Waals surface area contributed by atoms with E-state index >= 15 is 0 Å². The Morgan fingerprint density at radius 2 is 1.85 bits per heavy atom. The first-order chi connectivity index (χ1) is 12.4. The maximum Gasteiger partial charge on any atom is 0.416 e. The Morgan fingerprint density at radius 1 is 1.12 bits per heavy atom. The van der Waals surface area contributed by atoms with Gasteiger partial charge in [-0.15, -0.1) is 5.10 Å². The third kappa shape index (κ3) is 3.58. The standard InChI is InChI=1S/C18H15F3N4O/c1-2-15-16(23-24-25(15)14-9-4-3-5-10-14)17(26)22-13-8-6-7-12(11-13)18(19,20)21/h3-11H,2H2,1H3,(H,22,26). The lowest BCUT2D eigenvalue weighted by Gasteiger charge is -2.10. The normalized spacial score (nSPS) is 11.4. The number of hydrogen-bond donors (Lipinski definition) is 1. The molecule has 1 aromatic heterocycles. The molecule has 1 N–H and O–H groups in total. The summed E-state index contributed by atoms with van der Waals surface area (Å²) in [6, 6.07) is 13.6. The highest BCUT2D eigenvalue weighted by Crippen LogP contribution is 2.30. The fourth-order valence-electron chi connectivity index (χ4n) is 2.54. The molecular weight excluding hydrogens is 345 g/mol. The van der Waals surface area contributed by atoms with Crippen molar-refractivity contribution in [2.24, 2.45) is 0 Å². The average Bonchev–Trinajstić information content (AvgIpc) is 3.06. The molecule has 0 unspecified atom stereocenters.